The lowest BCUT2D eigenvalue weighted by atomic mass is 10.1. The summed E-state index contributed by atoms with van der Waals surface area (Å²) < 4.78 is 10.1. The van der Waals surface area contributed by atoms with Crippen LogP contribution in [-0.4, -0.2) is 59.2 Å². The van der Waals surface area contributed by atoms with Gasteiger partial charge >= 0.3 is 12.0 Å². The van der Waals surface area contributed by atoms with Crippen molar-refractivity contribution in [3.63, 3.8) is 0 Å². The first-order chi connectivity index (χ1) is 9.30. The zero-order chi connectivity index (χ0) is 13.2. The Morgan fingerprint density at radius 3 is 2.47 bits per heavy atom. The van der Waals surface area contributed by atoms with E-state index in [1.54, 1.807) is 0 Å². The standard InChI is InChI=1S/C12H19N5O2/c1-18-11-14-10(15-12(16-11)19-2)13-8-5-7-17-6-3-4-9(8)17/h8-9H,3-7H2,1-2H3,(H,13,14,15,16). The summed E-state index contributed by atoms with van der Waals surface area (Å²) in [7, 11) is 3.07. The Morgan fingerprint density at radius 1 is 1.05 bits per heavy atom. The van der Waals surface area contributed by atoms with Gasteiger partial charge < -0.3 is 14.8 Å². The third kappa shape index (κ3) is 2.42. The van der Waals surface area contributed by atoms with Crippen LogP contribution in [0, 0.1) is 0 Å². The molecule has 7 heteroatoms. The minimum atomic E-state index is 0.274. The first kappa shape index (κ1) is 12.4. The summed E-state index contributed by atoms with van der Waals surface area (Å²) in [6.45, 7) is 2.37. The van der Waals surface area contributed by atoms with Gasteiger partial charge in [0, 0.05) is 18.6 Å². The van der Waals surface area contributed by atoms with Crippen LogP contribution in [0.5, 0.6) is 12.0 Å². The molecule has 0 spiro atoms. The van der Waals surface area contributed by atoms with E-state index in [0.717, 1.165) is 13.0 Å². The van der Waals surface area contributed by atoms with Gasteiger partial charge in [-0.25, -0.2) is 0 Å². The highest BCUT2D eigenvalue weighted by molar-refractivity contribution is 5.30. The predicted molar refractivity (Wildman–Crippen MR) is 69.6 cm³/mol. The normalized spacial score (nSPS) is 26.2. The molecule has 0 amide bonds. The van der Waals surface area contributed by atoms with Crippen molar-refractivity contribution in [1.82, 2.24) is 19.9 Å². The van der Waals surface area contributed by atoms with Gasteiger partial charge in [0.15, 0.2) is 0 Å². The average molecular weight is 265 g/mol. The number of hydrogen-bond acceptors (Lipinski definition) is 7. The van der Waals surface area contributed by atoms with Crippen LogP contribution in [0.4, 0.5) is 5.95 Å². The van der Waals surface area contributed by atoms with E-state index < -0.39 is 0 Å². The third-order valence-electron chi connectivity index (χ3n) is 3.88. The number of nitrogens with one attached hydrogen (secondary N) is 1. The summed E-state index contributed by atoms with van der Waals surface area (Å²) >= 11 is 0. The highest BCUT2D eigenvalue weighted by atomic mass is 16.5. The predicted octanol–water partition coefficient (Wildman–Crippen LogP) is 0.537. The highest BCUT2D eigenvalue weighted by Crippen LogP contribution is 2.29. The molecule has 1 N–H and O–H groups in total. The van der Waals surface area contributed by atoms with Crippen LogP contribution in [0.3, 0.4) is 0 Å². The number of anilines is 1. The molecule has 2 aliphatic rings. The van der Waals surface area contributed by atoms with Crippen molar-refractivity contribution >= 4 is 5.95 Å². The molecule has 2 unspecified atom stereocenters. The van der Waals surface area contributed by atoms with Gasteiger partial charge in [0.1, 0.15) is 0 Å². The van der Waals surface area contributed by atoms with Crippen molar-refractivity contribution in [3.8, 4) is 12.0 Å². The molecule has 0 saturated carbocycles. The Morgan fingerprint density at radius 2 is 1.79 bits per heavy atom. The van der Waals surface area contributed by atoms with E-state index in [9.17, 15) is 0 Å². The summed E-state index contributed by atoms with van der Waals surface area (Å²) in [6.07, 6.45) is 3.66. The van der Waals surface area contributed by atoms with Crippen LogP contribution in [0.15, 0.2) is 0 Å². The minimum absolute atomic E-state index is 0.274. The monoisotopic (exact) mass is 265 g/mol. The second-order valence-electron chi connectivity index (χ2n) is 4.92. The van der Waals surface area contributed by atoms with Gasteiger partial charge in [0.25, 0.3) is 0 Å². The Balaban J connectivity index is 1.75. The largest absolute Gasteiger partial charge is 0.467 e. The van der Waals surface area contributed by atoms with Gasteiger partial charge in [-0.3, -0.25) is 4.90 Å². The third-order valence-corrected chi connectivity index (χ3v) is 3.88. The molecule has 104 valence electrons. The summed E-state index contributed by atoms with van der Waals surface area (Å²) in [5.74, 6) is 0.530. The van der Waals surface area contributed by atoms with E-state index in [1.807, 2.05) is 0 Å². The molecule has 1 aromatic rings. The summed E-state index contributed by atoms with van der Waals surface area (Å²) in [5, 5.41) is 3.40. The zero-order valence-electron chi connectivity index (χ0n) is 11.3. The SMILES string of the molecule is COc1nc(NC2CCN3CCCC23)nc(OC)n1. The highest BCUT2D eigenvalue weighted by Gasteiger charge is 2.37. The van der Waals surface area contributed by atoms with Gasteiger partial charge in [-0.2, -0.15) is 9.97 Å². The number of aromatic nitrogens is 3. The van der Waals surface area contributed by atoms with E-state index >= 15 is 0 Å². The molecule has 0 aromatic carbocycles. The number of nitrogens with zero attached hydrogens (tertiary/aromatic N) is 4. The minimum Gasteiger partial charge on any atom is -0.467 e. The fourth-order valence-electron chi connectivity index (χ4n) is 3.00. The molecule has 3 heterocycles. The number of ether oxygens (including phenoxy) is 2. The summed E-state index contributed by atoms with van der Waals surface area (Å²) in [5.41, 5.74) is 0. The maximum absolute atomic E-state index is 5.06. The Labute approximate surface area is 112 Å². The van der Waals surface area contributed by atoms with E-state index in [-0.39, 0.29) is 12.0 Å². The first-order valence-electron chi connectivity index (χ1n) is 6.65. The number of fused-ring (bicyclic) bond motifs is 1. The van der Waals surface area contributed by atoms with E-state index in [2.05, 4.69) is 25.2 Å². The molecule has 0 radical (unpaired) electrons. The summed E-state index contributed by atoms with van der Waals surface area (Å²) in [4.78, 5) is 15.0. The maximum atomic E-state index is 5.06. The molecule has 19 heavy (non-hydrogen) atoms. The fraction of sp³-hybridized carbons (Fsp3) is 0.750. The van der Waals surface area contributed by atoms with Crippen molar-refractivity contribution in [2.45, 2.75) is 31.3 Å². The second kappa shape index (κ2) is 5.16. The van der Waals surface area contributed by atoms with Crippen LogP contribution < -0.4 is 14.8 Å². The molecule has 2 fully saturated rings. The van der Waals surface area contributed by atoms with Crippen LogP contribution in [0.25, 0.3) is 0 Å². The molecule has 0 bridgehead atoms. The van der Waals surface area contributed by atoms with Crippen molar-refractivity contribution in [1.29, 1.82) is 0 Å². The van der Waals surface area contributed by atoms with Gasteiger partial charge in [-0.15, -0.1) is 4.98 Å². The molecule has 7 nitrogen and oxygen atoms in total. The number of methoxy groups -OCH3 is 2. The maximum Gasteiger partial charge on any atom is 0.324 e. The molecular weight excluding hydrogens is 246 g/mol. The molecule has 2 atom stereocenters. The van der Waals surface area contributed by atoms with Crippen LogP contribution in [0.1, 0.15) is 19.3 Å². The number of rotatable bonds is 4. The Kier molecular flexibility index (Phi) is 3.37. The van der Waals surface area contributed by atoms with Gasteiger partial charge in [0.2, 0.25) is 5.95 Å². The average Bonchev–Trinajstić information content (AvgIpc) is 3.03. The lowest BCUT2D eigenvalue weighted by Crippen LogP contribution is -2.34. The summed E-state index contributed by atoms with van der Waals surface area (Å²) in [6, 6.07) is 1.55. The molecule has 1 aromatic heterocycles. The fourth-order valence-corrected chi connectivity index (χ4v) is 3.00. The molecule has 2 saturated heterocycles. The van der Waals surface area contributed by atoms with Gasteiger partial charge in [-0.05, 0) is 25.8 Å². The quantitative estimate of drug-likeness (QED) is 0.851. The van der Waals surface area contributed by atoms with E-state index in [4.69, 9.17) is 9.47 Å². The first-order valence-corrected chi connectivity index (χ1v) is 6.65. The topological polar surface area (TPSA) is 72.4 Å². The zero-order valence-corrected chi connectivity index (χ0v) is 11.3. The van der Waals surface area contributed by atoms with Crippen molar-refractivity contribution in [3.05, 3.63) is 0 Å². The van der Waals surface area contributed by atoms with Crippen molar-refractivity contribution in [2.24, 2.45) is 0 Å². The molecular formula is C12H19N5O2. The molecule has 2 aliphatic heterocycles. The number of hydrogen-bond donors (Lipinski definition) is 1. The lowest BCUT2D eigenvalue weighted by Gasteiger charge is -2.21. The molecule has 0 aliphatic carbocycles. The van der Waals surface area contributed by atoms with Crippen molar-refractivity contribution < 1.29 is 9.47 Å². The smallest absolute Gasteiger partial charge is 0.324 e. The van der Waals surface area contributed by atoms with Gasteiger partial charge in [0.05, 0.1) is 14.2 Å². The van der Waals surface area contributed by atoms with Crippen LogP contribution in [-0.2, 0) is 0 Å². The Bertz CT molecular complexity index is 433. The lowest BCUT2D eigenvalue weighted by molar-refractivity contribution is 0.317. The van der Waals surface area contributed by atoms with E-state index in [0.29, 0.717) is 18.0 Å². The van der Waals surface area contributed by atoms with Crippen LogP contribution >= 0.6 is 0 Å². The van der Waals surface area contributed by atoms with Gasteiger partial charge in [-0.1, -0.05) is 0 Å². The Hall–Kier alpha value is -1.63. The van der Waals surface area contributed by atoms with E-state index in [1.165, 1.54) is 33.6 Å². The van der Waals surface area contributed by atoms with Crippen molar-refractivity contribution in [2.75, 3.05) is 32.6 Å². The molecule has 3 rings (SSSR count). The second-order valence-corrected chi connectivity index (χ2v) is 4.92. The van der Waals surface area contributed by atoms with Crippen LogP contribution in [0.2, 0.25) is 0 Å².